The van der Waals surface area contributed by atoms with E-state index in [1.165, 1.54) is 0 Å². The normalized spacial score (nSPS) is 10.3. The molecular weight excluding hydrogens is 313 g/mol. The lowest BCUT2D eigenvalue weighted by molar-refractivity contribution is 0.441. The average molecular weight is 328 g/mol. The van der Waals surface area contributed by atoms with Gasteiger partial charge in [-0.05, 0) is 19.1 Å². The number of rotatable bonds is 5. The molecule has 2 aromatic rings. The van der Waals surface area contributed by atoms with Crippen LogP contribution < -0.4 is 15.0 Å². The van der Waals surface area contributed by atoms with E-state index in [0.29, 0.717) is 34.2 Å². The summed E-state index contributed by atoms with van der Waals surface area (Å²) in [6, 6.07) is 5.09. The van der Waals surface area contributed by atoms with E-state index in [9.17, 15) is 0 Å². The van der Waals surface area contributed by atoms with E-state index in [1.807, 2.05) is 21.0 Å². The van der Waals surface area contributed by atoms with E-state index in [1.54, 1.807) is 23.1 Å². The minimum atomic E-state index is 0.147. The summed E-state index contributed by atoms with van der Waals surface area (Å²) in [4.78, 5) is 14.4. The van der Waals surface area contributed by atoms with Crippen molar-refractivity contribution in [2.45, 2.75) is 6.92 Å². The highest BCUT2D eigenvalue weighted by Gasteiger charge is 2.11. The van der Waals surface area contributed by atoms with Gasteiger partial charge in [-0.15, -0.1) is 0 Å². The molecule has 1 aromatic carbocycles. The first-order valence-electron chi connectivity index (χ1n) is 6.29. The van der Waals surface area contributed by atoms with Gasteiger partial charge < -0.3 is 15.0 Å². The molecule has 6 nitrogen and oxygen atoms in total. The Morgan fingerprint density at radius 2 is 1.95 bits per heavy atom. The number of benzene rings is 1. The Bertz CT molecular complexity index is 636. The molecule has 0 aliphatic rings. The second-order valence-corrected chi connectivity index (χ2v) is 5.19. The molecule has 8 heteroatoms. The highest BCUT2D eigenvalue weighted by Crippen LogP contribution is 2.31. The zero-order valence-corrected chi connectivity index (χ0v) is 13.4. The van der Waals surface area contributed by atoms with Crippen molar-refractivity contribution in [1.29, 1.82) is 0 Å². The summed E-state index contributed by atoms with van der Waals surface area (Å²) in [5, 5.41) is 3.97. The van der Waals surface area contributed by atoms with Crippen LogP contribution in [-0.2, 0) is 0 Å². The molecule has 0 spiro atoms. The first-order chi connectivity index (χ1) is 9.99. The molecule has 0 fully saturated rings. The predicted octanol–water partition coefficient (Wildman–Crippen LogP) is 3.47. The zero-order valence-electron chi connectivity index (χ0n) is 11.9. The maximum Gasteiger partial charge on any atom is 0.328 e. The number of halogens is 2. The lowest BCUT2D eigenvalue weighted by Gasteiger charge is -2.13. The Morgan fingerprint density at radius 3 is 2.62 bits per heavy atom. The fraction of sp³-hybridized carbons (Fsp3) is 0.308. The Kier molecular flexibility index (Phi) is 5.03. The maximum absolute atomic E-state index is 6.07. The van der Waals surface area contributed by atoms with E-state index in [-0.39, 0.29) is 6.01 Å². The summed E-state index contributed by atoms with van der Waals surface area (Å²) in [7, 11) is 3.67. The molecule has 0 bridgehead atoms. The minimum absolute atomic E-state index is 0.147. The maximum atomic E-state index is 6.07. The first kappa shape index (κ1) is 15.6. The summed E-state index contributed by atoms with van der Waals surface area (Å²) in [6.45, 7) is 2.64. The lowest BCUT2D eigenvalue weighted by Crippen LogP contribution is -2.15. The highest BCUT2D eigenvalue weighted by molar-refractivity contribution is 6.34. The van der Waals surface area contributed by atoms with Crippen LogP contribution in [0, 0.1) is 0 Å². The number of anilines is 2. The smallest absolute Gasteiger partial charge is 0.328 e. The summed E-state index contributed by atoms with van der Waals surface area (Å²) in [5.41, 5.74) is 0. The second-order valence-electron chi connectivity index (χ2n) is 4.34. The first-order valence-corrected chi connectivity index (χ1v) is 7.05. The second kappa shape index (κ2) is 6.78. The molecule has 0 saturated carbocycles. The van der Waals surface area contributed by atoms with Crippen LogP contribution in [0.3, 0.4) is 0 Å². The number of hydrogen-bond donors (Lipinski definition) is 1. The molecule has 0 aliphatic carbocycles. The van der Waals surface area contributed by atoms with Gasteiger partial charge in [0.25, 0.3) is 0 Å². The molecule has 1 N–H and O–H groups in total. The Morgan fingerprint density at radius 1 is 1.19 bits per heavy atom. The SMILES string of the molecule is CCNc1nc(Oc2cc(Cl)ccc2Cl)nc(N(C)C)n1. The number of nitrogens with zero attached hydrogens (tertiary/aromatic N) is 4. The third kappa shape index (κ3) is 4.09. The van der Waals surface area contributed by atoms with Gasteiger partial charge in [-0.25, -0.2) is 0 Å². The van der Waals surface area contributed by atoms with Gasteiger partial charge >= 0.3 is 6.01 Å². The fourth-order valence-corrected chi connectivity index (χ4v) is 1.80. The van der Waals surface area contributed by atoms with Gasteiger partial charge in [0.2, 0.25) is 11.9 Å². The van der Waals surface area contributed by atoms with Crippen molar-refractivity contribution in [3.05, 3.63) is 28.2 Å². The minimum Gasteiger partial charge on any atom is -0.422 e. The topological polar surface area (TPSA) is 63.2 Å². The molecule has 0 amide bonds. The van der Waals surface area contributed by atoms with Crippen LogP contribution in [0.1, 0.15) is 6.92 Å². The standard InChI is InChI=1S/C13H15Cl2N5O/c1-4-16-11-17-12(20(2)3)19-13(18-11)21-10-7-8(14)5-6-9(10)15/h5-7H,4H2,1-3H3,(H,16,17,18,19). The molecule has 0 radical (unpaired) electrons. The van der Waals surface area contributed by atoms with Crippen LogP contribution in [0.5, 0.6) is 11.8 Å². The summed E-state index contributed by atoms with van der Waals surface area (Å²) >= 11 is 12.0. The van der Waals surface area contributed by atoms with Gasteiger partial charge in [0.1, 0.15) is 0 Å². The van der Waals surface area contributed by atoms with Crippen molar-refractivity contribution in [2.75, 3.05) is 30.9 Å². The van der Waals surface area contributed by atoms with Gasteiger partial charge in [-0.1, -0.05) is 23.2 Å². The van der Waals surface area contributed by atoms with Crippen molar-refractivity contribution in [1.82, 2.24) is 15.0 Å². The number of hydrogen-bond acceptors (Lipinski definition) is 6. The summed E-state index contributed by atoms with van der Waals surface area (Å²) < 4.78 is 5.62. The third-order valence-electron chi connectivity index (χ3n) is 2.43. The van der Waals surface area contributed by atoms with Crippen molar-refractivity contribution >= 4 is 35.1 Å². The van der Waals surface area contributed by atoms with E-state index in [0.717, 1.165) is 0 Å². The van der Waals surface area contributed by atoms with E-state index < -0.39 is 0 Å². The van der Waals surface area contributed by atoms with Crippen LogP contribution in [-0.4, -0.2) is 35.6 Å². The summed E-state index contributed by atoms with van der Waals surface area (Å²) in [5.74, 6) is 1.31. The number of ether oxygens (including phenoxy) is 1. The van der Waals surface area contributed by atoms with Crippen molar-refractivity contribution in [3.63, 3.8) is 0 Å². The molecule has 1 heterocycles. The largest absolute Gasteiger partial charge is 0.422 e. The van der Waals surface area contributed by atoms with Gasteiger partial charge in [-0.2, -0.15) is 15.0 Å². The fourth-order valence-electron chi connectivity index (χ4n) is 1.48. The highest BCUT2D eigenvalue weighted by atomic mass is 35.5. The molecule has 0 unspecified atom stereocenters. The molecule has 112 valence electrons. The van der Waals surface area contributed by atoms with Gasteiger partial charge in [0.15, 0.2) is 5.75 Å². The van der Waals surface area contributed by atoms with Crippen LogP contribution in [0.25, 0.3) is 0 Å². The van der Waals surface area contributed by atoms with Crippen LogP contribution in [0.15, 0.2) is 18.2 Å². The molecule has 0 aliphatic heterocycles. The molecule has 1 aromatic heterocycles. The Balaban J connectivity index is 2.36. The molecule has 0 atom stereocenters. The molecule has 21 heavy (non-hydrogen) atoms. The van der Waals surface area contributed by atoms with E-state index in [4.69, 9.17) is 27.9 Å². The van der Waals surface area contributed by atoms with Gasteiger partial charge in [0, 0.05) is 31.7 Å². The van der Waals surface area contributed by atoms with Crippen LogP contribution in [0.4, 0.5) is 11.9 Å². The molecular formula is C13H15Cl2N5O. The molecule has 0 saturated heterocycles. The predicted molar refractivity (Wildman–Crippen MR) is 84.9 cm³/mol. The summed E-state index contributed by atoms with van der Waals surface area (Å²) in [6.07, 6.45) is 0. The van der Waals surface area contributed by atoms with Crippen LogP contribution >= 0.6 is 23.2 Å². The van der Waals surface area contributed by atoms with Crippen molar-refractivity contribution in [3.8, 4) is 11.8 Å². The third-order valence-corrected chi connectivity index (χ3v) is 2.98. The van der Waals surface area contributed by atoms with E-state index >= 15 is 0 Å². The van der Waals surface area contributed by atoms with Crippen molar-refractivity contribution < 1.29 is 4.74 Å². The number of aromatic nitrogens is 3. The average Bonchev–Trinajstić information content (AvgIpc) is 2.43. The quantitative estimate of drug-likeness (QED) is 0.907. The van der Waals surface area contributed by atoms with Crippen molar-refractivity contribution in [2.24, 2.45) is 0 Å². The zero-order chi connectivity index (χ0) is 15.4. The number of nitrogens with one attached hydrogen (secondary N) is 1. The lowest BCUT2D eigenvalue weighted by atomic mass is 10.3. The molecule has 2 rings (SSSR count). The monoisotopic (exact) mass is 327 g/mol. The van der Waals surface area contributed by atoms with E-state index in [2.05, 4.69) is 20.3 Å². The Hall–Kier alpha value is -1.79. The van der Waals surface area contributed by atoms with Gasteiger partial charge in [0.05, 0.1) is 5.02 Å². The Labute approximate surface area is 133 Å². The van der Waals surface area contributed by atoms with Gasteiger partial charge in [-0.3, -0.25) is 0 Å². The van der Waals surface area contributed by atoms with Crippen LogP contribution in [0.2, 0.25) is 10.0 Å².